The van der Waals surface area contributed by atoms with Gasteiger partial charge in [0.1, 0.15) is 5.71 Å². The molecule has 0 saturated carbocycles. The summed E-state index contributed by atoms with van der Waals surface area (Å²) >= 11 is 0. The standard InChI is InChI=1S/C17H16N2O2/c1-2-19-17(21)14-11-7-6-10-13(14)16(20)15(18)12-8-4-3-5-9-12/h3-11,18H,2H2,1H3,(H,19,21). The van der Waals surface area contributed by atoms with Crippen LogP contribution in [0.5, 0.6) is 0 Å². The van der Waals surface area contributed by atoms with Crippen molar-refractivity contribution in [3.05, 3.63) is 71.3 Å². The number of hydrogen-bond donors (Lipinski definition) is 2. The summed E-state index contributed by atoms with van der Waals surface area (Å²) in [6.07, 6.45) is 0. The fourth-order valence-corrected chi connectivity index (χ4v) is 2.01. The Kier molecular flexibility index (Phi) is 4.61. The Balaban J connectivity index is 2.36. The first kappa shape index (κ1) is 14.7. The van der Waals surface area contributed by atoms with E-state index in [1.807, 2.05) is 13.0 Å². The number of ketones is 1. The Morgan fingerprint density at radius 2 is 1.52 bits per heavy atom. The first-order valence-electron chi connectivity index (χ1n) is 6.71. The number of nitrogens with one attached hydrogen (secondary N) is 2. The average molecular weight is 280 g/mol. The molecule has 0 bridgehead atoms. The predicted molar refractivity (Wildman–Crippen MR) is 82.1 cm³/mol. The summed E-state index contributed by atoms with van der Waals surface area (Å²) in [5.74, 6) is -0.759. The third-order valence-electron chi connectivity index (χ3n) is 3.04. The second-order valence-electron chi connectivity index (χ2n) is 4.48. The van der Waals surface area contributed by atoms with E-state index in [1.54, 1.807) is 48.5 Å². The van der Waals surface area contributed by atoms with Crippen LogP contribution in [0, 0.1) is 5.41 Å². The third-order valence-corrected chi connectivity index (χ3v) is 3.04. The highest BCUT2D eigenvalue weighted by Crippen LogP contribution is 2.13. The van der Waals surface area contributed by atoms with E-state index in [0.29, 0.717) is 17.7 Å². The Morgan fingerprint density at radius 3 is 2.14 bits per heavy atom. The SMILES string of the molecule is CCNC(=O)c1ccccc1C(=O)C(=N)c1ccccc1. The second-order valence-corrected chi connectivity index (χ2v) is 4.48. The Morgan fingerprint density at radius 1 is 0.952 bits per heavy atom. The minimum absolute atomic E-state index is 0.118. The van der Waals surface area contributed by atoms with E-state index in [-0.39, 0.29) is 17.2 Å². The normalized spacial score (nSPS) is 9.95. The molecule has 0 radical (unpaired) electrons. The largest absolute Gasteiger partial charge is 0.352 e. The second kappa shape index (κ2) is 6.61. The van der Waals surface area contributed by atoms with Crippen molar-refractivity contribution in [1.29, 1.82) is 5.41 Å². The van der Waals surface area contributed by atoms with E-state index in [2.05, 4.69) is 5.32 Å². The fourth-order valence-electron chi connectivity index (χ4n) is 2.01. The molecular weight excluding hydrogens is 264 g/mol. The molecule has 0 unspecified atom stereocenters. The molecule has 0 aliphatic carbocycles. The number of benzene rings is 2. The maximum absolute atomic E-state index is 12.5. The van der Waals surface area contributed by atoms with Gasteiger partial charge in [-0.25, -0.2) is 0 Å². The number of hydrogen-bond acceptors (Lipinski definition) is 3. The van der Waals surface area contributed by atoms with Gasteiger partial charge in [0, 0.05) is 17.7 Å². The minimum Gasteiger partial charge on any atom is -0.352 e. The van der Waals surface area contributed by atoms with Crippen LogP contribution in [-0.4, -0.2) is 23.9 Å². The number of Topliss-reactive ketones (excluding diaryl/α,β-unsaturated/α-hetero) is 1. The van der Waals surface area contributed by atoms with Crippen LogP contribution in [0.2, 0.25) is 0 Å². The number of carbonyl (C=O) groups excluding carboxylic acids is 2. The molecule has 0 aromatic heterocycles. The molecule has 2 aromatic carbocycles. The van der Waals surface area contributed by atoms with Gasteiger partial charge in [-0.3, -0.25) is 15.0 Å². The monoisotopic (exact) mass is 280 g/mol. The number of rotatable bonds is 5. The quantitative estimate of drug-likeness (QED) is 0.653. The van der Waals surface area contributed by atoms with Gasteiger partial charge in [0.05, 0.1) is 5.56 Å². The van der Waals surface area contributed by atoms with Crippen molar-refractivity contribution in [1.82, 2.24) is 5.32 Å². The molecule has 4 nitrogen and oxygen atoms in total. The highest BCUT2D eigenvalue weighted by molar-refractivity contribution is 6.51. The molecular formula is C17H16N2O2. The summed E-state index contributed by atoms with van der Waals surface area (Å²) in [5, 5.41) is 10.7. The van der Waals surface area contributed by atoms with Crippen LogP contribution in [-0.2, 0) is 0 Å². The Labute approximate surface area is 123 Å². The van der Waals surface area contributed by atoms with Crippen molar-refractivity contribution >= 4 is 17.4 Å². The molecule has 0 atom stereocenters. The van der Waals surface area contributed by atoms with E-state index in [1.165, 1.54) is 0 Å². The lowest BCUT2D eigenvalue weighted by Crippen LogP contribution is -2.26. The van der Waals surface area contributed by atoms with Gasteiger partial charge in [0.25, 0.3) is 5.91 Å². The van der Waals surface area contributed by atoms with Crippen molar-refractivity contribution in [3.8, 4) is 0 Å². The molecule has 0 heterocycles. The molecule has 0 spiro atoms. The van der Waals surface area contributed by atoms with E-state index >= 15 is 0 Å². The zero-order valence-electron chi connectivity index (χ0n) is 11.7. The van der Waals surface area contributed by atoms with Crippen LogP contribution >= 0.6 is 0 Å². The van der Waals surface area contributed by atoms with Gasteiger partial charge < -0.3 is 5.32 Å². The van der Waals surface area contributed by atoms with Gasteiger partial charge in [-0.1, -0.05) is 48.5 Å². The molecule has 0 fully saturated rings. The summed E-state index contributed by atoms with van der Waals surface area (Å²) < 4.78 is 0. The zero-order valence-corrected chi connectivity index (χ0v) is 11.7. The average Bonchev–Trinajstić information content (AvgIpc) is 2.54. The van der Waals surface area contributed by atoms with Gasteiger partial charge in [-0.15, -0.1) is 0 Å². The molecule has 4 heteroatoms. The molecule has 2 N–H and O–H groups in total. The zero-order chi connectivity index (χ0) is 15.2. The molecule has 106 valence electrons. The first-order chi connectivity index (χ1) is 10.1. The summed E-state index contributed by atoms with van der Waals surface area (Å²) in [4.78, 5) is 24.5. The van der Waals surface area contributed by atoms with Crippen LogP contribution in [0.3, 0.4) is 0 Å². The summed E-state index contributed by atoms with van der Waals surface area (Å²) in [5.41, 5.74) is 0.961. The van der Waals surface area contributed by atoms with Crippen molar-refractivity contribution in [2.24, 2.45) is 0 Å². The summed E-state index contributed by atoms with van der Waals surface area (Å²) in [6.45, 7) is 2.30. The van der Waals surface area contributed by atoms with E-state index in [4.69, 9.17) is 5.41 Å². The highest BCUT2D eigenvalue weighted by Gasteiger charge is 2.20. The van der Waals surface area contributed by atoms with E-state index in [0.717, 1.165) is 0 Å². The van der Waals surface area contributed by atoms with Gasteiger partial charge in [0.2, 0.25) is 5.78 Å². The minimum atomic E-state index is -0.456. The lowest BCUT2D eigenvalue weighted by molar-refractivity contribution is 0.0947. The van der Waals surface area contributed by atoms with E-state index in [9.17, 15) is 9.59 Å². The maximum atomic E-state index is 12.5. The van der Waals surface area contributed by atoms with Crippen LogP contribution < -0.4 is 5.32 Å². The van der Waals surface area contributed by atoms with Crippen LogP contribution in [0.1, 0.15) is 33.2 Å². The van der Waals surface area contributed by atoms with Gasteiger partial charge in [-0.2, -0.15) is 0 Å². The van der Waals surface area contributed by atoms with Crippen molar-refractivity contribution in [3.63, 3.8) is 0 Å². The number of carbonyl (C=O) groups is 2. The van der Waals surface area contributed by atoms with Gasteiger partial charge in [-0.05, 0) is 13.0 Å². The molecule has 2 rings (SSSR count). The molecule has 0 saturated heterocycles. The predicted octanol–water partition coefficient (Wildman–Crippen LogP) is 2.69. The van der Waals surface area contributed by atoms with Crippen molar-refractivity contribution in [2.75, 3.05) is 6.54 Å². The fraction of sp³-hybridized carbons (Fsp3) is 0.118. The summed E-state index contributed by atoms with van der Waals surface area (Å²) in [7, 11) is 0. The van der Waals surface area contributed by atoms with E-state index < -0.39 is 5.78 Å². The Bertz CT molecular complexity index is 678. The van der Waals surface area contributed by atoms with Gasteiger partial charge >= 0.3 is 0 Å². The topological polar surface area (TPSA) is 70.0 Å². The van der Waals surface area contributed by atoms with Crippen molar-refractivity contribution in [2.45, 2.75) is 6.92 Å². The van der Waals surface area contributed by atoms with Gasteiger partial charge in [0.15, 0.2) is 0 Å². The van der Waals surface area contributed by atoms with Crippen LogP contribution in [0.4, 0.5) is 0 Å². The molecule has 21 heavy (non-hydrogen) atoms. The van der Waals surface area contributed by atoms with Crippen LogP contribution in [0.15, 0.2) is 54.6 Å². The first-order valence-corrected chi connectivity index (χ1v) is 6.71. The van der Waals surface area contributed by atoms with Crippen LogP contribution in [0.25, 0.3) is 0 Å². The molecule has 2 aromatic rings. The Hall–Kier alpha value is -2.75. The summed E-state index contributed by atoms with van der Waals surface area (Å²) in [6, 6.07) is 15.3. The molecule has 0 aliphatic heterocycles. The smallest absolute Gasteiger partial charge is 0.252 e. The third kappa shape index (κ3) is 3.23. The molecule has 1 amide bonds. The van der Waals surface area contributed by atoms with Crippen molar-refractivity contribution < 1.29 is 9.59 Å². The highest BCUT2D eigenvalue weighted by atomic mass is 16.2. The lowest BCUT2D eigenvalue weighted by Gasteiger charge is -2.09. The maximum Gasteiger partial charge on any atom is 0.252 e. The molecule has 0 aliphatic rings. The lowest BCUT2D eigenvalue weighted by atomic mass is 9.96. The number of amides is 1.